The number of carbonyl (C=O) groups excluding carboxylic acids is 2. The fraction of sp³-hybridized carbons (Fsp3) is 0.267. The molecule has 0 radical (unpaired) electrons. The van der Waals surface area contributed by atoms with E-state index in [2.05, 4.69) is 6.07 Å². The van der Waals surface area contributed by atoms with Crippen LogP contribution in [-0.4, -0.2) is 27.6 Å². The summed E-state index contributed by atoms with van der Waals surface area (Å²) >= 11 is 6.16. The average Bonchev–Trinajstić information content (AvgIpc) is 2.63. The number of nitrogens with zero attached hydrogens (tertiary/aromatic N) is 1. The van der Waals surface area contributed by atoms with Gasteiger partial charge in [-0.25, -0.2) is 0 Å². The molecule has 110 valence electrons. The van der Waals surface area contributed by atoms with Crippen LogP contribution in [0.25, 0.3) is 6.08 Å². The standard InChI is InChI=1S/C15H15NO3S2/c1-8-4-10(3)11(5-9(8)2)6-12-14(19)16(7-13(17)18)15(20)21-12/h4-6H,7H2,1-3H3,(H,17,18)/p-1/b12-6-. The van der Waals surface area contributed by atoms with Crippen molar-refractivity contribution in [2.24, 2.45) is 0 Å². The summed E-state index contributed by atoms with van der Waals surface area (Å²) in [7, 11) is 0. The van der Waals surface area contributed by atoms with Gasteiger partial charge in [-0.2, -0.15) is 0 Å². The number of hydrogen-bond acceptors (Lipinski definition) is 5. The Kier molecular flexibility index (Phi) is 4.49. The van der Waals surface area contributed by atoms with E-state index in [1.807, 2.05) is 26.8 Å². The number of benzene rings is 1. The molecule has 0 atom stereocenters. The molecule has 2 rings (SSSR count). The number of thioether (sulfide) groups is 1. The van der Waals surface area contributed by atoms with Gasteiger partial charge in [0.15, 0.2) is 0 Å². The molecule has 0 bridgehead atoms. The van der Waals surface area contributed by atoms with E-state index in [0.29, 0.717) is 4.91 Å². The Bertz CT molecular complexity index is 680. The largest absolute Gasteiger partial charge is 0.548 e. The Morgan fingerprint density at radius 1 is 1.29 bits per heavy atom. The van der Waals surface area contributed by atoms with Gasteiger partial charge < -0.3 is 9.90 Å². The molecule has 1 amide bonds. The quantitative estimate of drug-likeness (QED) is 0.625. The van der Waals surface area contributed by atoms with E-state index in [4.69, 9.17) is 12.2 Å². The van der Waals surface area contributed by atoms with Gasteiger partial charge in [-0.1, -0.05) is 36.1 Å². The van der Waals surface area contributed by atoms with Gasteiger partial charge in [0.05, 0.1) is 17.4 Å². The zero-order valence-electron chi connectivity index (χ0n) is 11.9. The fourth-order valence-corrected chi connectivity index (χ4v) is 3.29. The molecule has 21 heavy (non-hydrogen) atoms. The zero-order chi connectivity index (χ0) is 15.7. The monoisotopic (exact) mass is 320 g/mol. The highest BCUT2D eigenvalue weighted by Crippen LogP contribution is 2.33. The maximum atomic E-state index is 12.2. The minimum Gasteiger partial charge on any atom is -0.548 e. The highest BCUT2D eigenvalue weighted by Gasteiger charge is 2.31. The Morgan fingerprint density at radius 3 is 2.52 bits per heavy atom. The third-order valence-electron chi connectivity index (χ3n) is 3.33. The molecule has 1 aromatic rings. The molecular formula is C15H14NO3S2-. The number of carboxylic acids is 1. The molecule has 1 aromatic carbocycles. The van der Waals surface area contributed by atoms with Crippen molar-refractivity contribution >= 4 is 46.3 Å². The van der Waals surface area contributed by atoms with Gasteiger partial charge in [0.25, 0.3) is 5.91 Å². The van der Waals surface area contributed by atoms with E-state index in [0.717, 1.165) is 33.4 Å². The van der Waals surface area contributed by atoms with Crippen molar-refractivity contribution < 1.29 is 14.7 Å². The number of aliphatic carboxylic acids is 1. The molecule has 0 aliphatic carbocycles. The first-order valence-electron chi connectivity index (χ1n) is 6.32. The molecule has 1 fully saturated rings. The lowest BCUT2D eigenvalue weighted by molar-refractivity contribution is -0.305. The van der Waals surface area contributed by atoms with Gasteiger partial charge in [0.2, 0.25) is 0 Å². The summed E-state index contributed by atoms with van der Waals surface area (Å²) in [6.45, 7) is 5.51. The topological polar surface area (TPSA) is 60.4 Å². The van der Waals surface area contributed by atoms with Crippen LogP contribution in [0.4, 0.5) is 0 Å². The van der Waals surface area contributed by atoms with Crippen LogP contribution in [-0.2, 0) is 9.59 Å². The van der Waals surface area contributed by atoms with Gasteiger partial charge in [-0.05, 0) is 49.1 Å². The molecule has 4 nitrogen and oxygen atoms in total. The summed E-state index contributed by atoms with van der Waals surface area (Å²) in [5.74, 6) is -1.71. The highest BCUT2D eigenvalue weighted by molar-refractivity contribution is 8.26. The van der Waals surface area contributed by atoms with Crippen molar-refractivity contribution in [2.45, 2.75) is 20.8 Å². The Hall–Kier alpha value is -1.66. The number of amides is 1. The van der Waals surface area contributed by atoms with E-state index < -0.39 is 12.5 Å². The molecule has 6 heteroatoms. The Labute approximate surface area is 132 Å². The second kappa shape index (κ2) is 5.99. The van der Waals surface area contributed by atoms with Crippen LogP contribution >= 0.6 is 24.0 Å². The number of carbonyl (C=O) groups is 2. The lowest BCUT2D eigenvalue weighted by Gasteiger charge is -2.14. The molecule has 1 heterocycles. The van der Waals surface area contributed by atoms with Gasteiger partial charge in [0.1, 0.15) is 4.32 Å². The first-order valence-corrected chi connectivity index (χ1v) is 7.55. The Morgan fingerprint density at radius 2 is 1.90 bits per heavy atom. The molecule has 0 spiro atoms. The minimum atomic E-state index is -1.32. The van der Waals surface area contributed by atoms with Gasteiger partial charge in [0, 0.05) is 0 Å². The molecular weight excluding hydrogens is 306 g/mol. The Balaban J connectivity index is 2.35. The van der Waals surface area contributed by atoms with E-state index in [1.165, 1.54) is 5.56 Å². The van der Waals surface area contributed by atoms with Crippen LogP contribution in [0.2, 0.25) is 0 Å². The van der Waals surface area contributed by atoms with Crippen LogP contribution in [0.15, 0.2) is 17.0 Å². The molecule has 0 saturated carbocycles. The lowest BCUT2D eigenvalue weighted by atomic mass is 10.0. The van der Waals surface area contributed by atoms with Gasteiger partial charge >= 0.3 is 0 Å². The van der Waals surface area contributed by atoms with Crippen molar-refractivity contribution in [3.63, 3.8) is 0 Å². The van der Waals surface area contributed by atoms with E-state index in [-0.39, 0.29) is 10.2 Å². The summed E-state index contributed by atoms with van der Waals surface area (Å²) in [4.78, 5) is 24.3. The van der Waals surface area contributed by atoms with Crippen LogP contribution < -0.4 is 5.11 Å². The van der Waals surface area contributed by atoms with E-state index in [9.17, 15) is 14.7 Å². The van der Waals surface area contributed by atoms with E-state index >= 15 is 0 Å². The van der Waals surface area contributed by atoms with Crippen LogP contribution in [0.1, 0.15) is 22.3 Å². The van der Waals surface area contributed by atoms with Crippen molar-refractivity contribution in [1.29, 1.82) is 0 Å². The van der Waals surface area contributed by atoms with Crippen molar-refractivity contribution in [3.8, 4) is 0 Å². The number of aryl methyl sites for hydroxylation is 3. The van der Waals surface area contributed by atoms with Crippen LogP contribution in [0, 0.1) is 20.8 Å². The van der Waals surface area contributed by atoms with Crippen LogP contribution in [0.3, 0.4) is 0 Å². The zero-order valence-corrected chi connectivity index (χ0v) is 13.6. The average molecular weight is 320 g/mol. The molecule has 0 aromatic heterocycles. The third-order valence-corrected chi connectivity index (χ3v) is 4.71. The third kappa shape index (κ3) is 3.33. The summed E-state index contributed by atoms with van der Waals surface area (Å²) in [6, 6.07) is 4.07. The normalized spacial score (nSPS) is 16.9. The van der Waals surface area contributed by atoms with Gasteiger partial charge in [-0.15, -0.1) is 0 Å². The van der Waals surface area contributed by atoms with Crippen LogP contribution in [0.5, 0.6) is 0 Å². The summed E-state index contributed by atoms with van der Waals surface area (Å²) in [5.41, 5.74) is 4.32. The highest BCUT2D eigenvalue weighted by atomic mass is 32.2. The summed E-state index contributed by atoms with van der Waals surface area (Å²) in [6.07, 6.45) is 1.76. The van der Waals surface area contributed by atoms with Crippen molar-refractivity contribution in [1.82, 2.24) is 4.90 Å². The smallest absolute Gasteiger partial charge is 0.266 e. The maximum absolute atomic E-state index is 12.2. The summed E-state index contributed by atoms with van der Waals surface area (Å²) in [5, 5.41) is 10.7. The van der Waals surface area contributed by atoms with Gasteiger partial charge in [-0.3, -0.25) is 9.69 Å². The number of carboxylic acid groups (broad SMARTS) is 1. The molecule has 0 unspecified atom stereocenters. The minimum absolute atomic E-state index is 0.247. The second-order valence-corrected chi connectivity index (χ2v) is 6.61. The number of thiocarbonyl (C=S) groups is 1. The predicted molar refractivity (Wildman–Crippen MR) is 85.5 cm³/mol. The molecule has 1 saturated heterocycles. The molecule has 0 N–H and O–H groups in total. The summed E-state index contributed by atoms with van der Waals surface area (Å²) < 4.78 is 0.247. The number of hydrogen-bond donors (Lipinski definition) is 0. The first-order chi connectivity index (χ1) is 9.79. The van der Waals surface area contributed by atoms with Crippen molar-refractivity contribution in [3.05, 3.63) is 39.3 Å². The fourth-order valence-electron chi connectivity index (χ4n) is 2.04. The predicted octanol–water partition coefficient (Wildman–Crippen LogP) is 1.56. The SMILES string of the molecule is Cc1cc(C)c(/C=C2\SC(=S)N(CC(=O)[O-])C2=O)cc1C. The second-order valence-electron chi connectivity index (χ2n) is 4.93. The number of rotatable bonds is 3. The maximum Gasteiger partial charge on any atom is 0.266 e. The van der Waals surface area contributed by atoms with Crippen molar-refractivity contribution in [2.75, 3.05) is 6.54 Å². The molecule has 1 aliphatic rings. The van der Waals surface area contributed by atoms with E-state index in [1.54, 1.807) is 6.08 Å². The lowest BCUT2D eigenvalue weighted by Crippen LogP contribution is -2.40. The first kappa shape index (κ1) is 15.7. The molecule has 1 aliphatic heterocycles.